The predicted octanol–water partition coefficient (Wildman–Crippen LogP) is 1.48. The largest absolute Gasteiger partial charge is 0.463 e. The fraction of sp³-hybridized carbons (Fsp3) is 0.333. The van der Waals surface area contributed by atoms with Crippen LogP contribution in [0.3, 0.4) is 0 Å². The molecule has 0 aliphatic carbocycles. The Labute approximate surface area is 128 Å². The summed E-state index contributed by atoms with van der Waals surface area (Å²) in [7, 11) is 4.33. The van der Waals surface area contributed by atoms with E-state index in [0.29, 0.717) is 5.75 Å². The van der Waals surface area contributed by atoms with Gasteiger partial charge >= 0.3 is 12.1 Å². The Kier molecular flexibility index (Phi) is 6.40. The van der Waals surface area contributed by atoms with Gasteiger partial charge in [-0.1, -0.05) is 6.07 Å². The summed E-state index contributed by atoms with van der Waals surface area (Å²) in [5.74, 6) is -0.282. The van der Waals surface area contributed by atoms with E-state index in [4.69, 9.17) is 14.6 Å². The third-order valence-electron chi connectivity index (χ3n) is 2.61. The van der Waals surface area contributed by atoms with E-state index in [2.05, 4.69) is 4.74 Å². The van der Waals surface area contributed by atoms with E-state index >= 15 is 0 Å². The maximum absolute atomic E-state index is 11.6. The Morgan fingerprint density at radius 3 is 2.50 bits per heavy atom. The van der Waals surface area contributed by atoms with Crippen molar-refractivity contribution in [1.82, 2.24) is 4.90 Å². The highest BCUT2D eigenvalue weighted by Gasteiger charge is 2.15. The molecule has 0 aliphatic heterocycles. The molecule has 0 fully saturated rings. The number of esters is 1. The molecule has 0 saturated heterocycles. The molecule has 0 saturated carbocycles. The lowest BCUT2D eigenvalue weighted by Crippen LogP contribution is -2.25. The van der Waals surface area contributed by atoms with Crippen molar-refractivity contribution in [3.63, 3.8) is 0 Å². The SMILES string of the molecule is COC(=O)/C(=C/CO)Oc1cc(OC(=O)N(C)C)ccc1C. The average Bonchev–Trinajstić information content (AvgIpc) is 2.49. The average molecular weight is 309 g/mol. The molecule has 0 heterocycles. The lowest BCUT2D eigenvalue weighted by atomic mass is 10.2. The molecule has 1 amide bonds. The van der Waals surface area contributed by atoms with Gasteiger partial charge < -0.3 is 24.2 Å². The minimum absolute atomic E-state index is 0.149. The quantitative estimate of drug-likeness (QED) is 0.504. The number of methoxy groups -OCH3 is 1. The number of aryl methyl sites for hydroxylation is 1. The summed E-state index contributed by atoms with van der Waals surface area (Å²) in [4.78, 5) is 24.4. The molecular formula is C15H19NO6. The number of aliphatic hydroxyl groups excluding tert-OH is 1. The van der Waals surface area contributed by atoms with Crippen molar-refractivity contribution in [2.45, 2.75) is 6.92 Å². The third kappa shape index (κ3) is 4.78. The highest BCUT2D eigenvalue weighted by atomic mass is 16.6. The minimum Gasteiger partial charge on any atom is -0.463 e. The molecule has 22 heavy (non-hydrogen) atoms. The maximum atomic E-state index is 11.6. The summed E-state index contributed by atoms with van der Waals surface area (Å²) >= 11 is 0. The number of aliphatic hydroxyl groups is 1. The van der Waals surface area contributed by atoms with E-state index in [1.165, 1.54) is 24.2 Å². The van der Waals surface area contributed by atoms with Crippen LogP contribution in [0.4, 0.5) is 4.79 Å². The summed E-state index contributed by atoms with van der Waals surface area (Å²) in [6.45, 7) is 1.39. The Hall–Kier alpha value is -2.54. The molecule has 7 heteroatoms. The molecule has 0 unspecified atom stereocenters. The van der Waals surface area contributed by atoms with Gasteiger partial charge in [-0.15, -0.1) is 0 Å². The lowest BCUT2D eigenvalue weighted by molar-refractivity contribution is -0.138. The molecule has 0 radical (unpaired) electrons. The van der Waals surface area contributed by atoms with Crippen LogP contribution in [-0.2, 0) is 9.53 Å². The number of benzene rings is 1. The first kappa shape index (κ1) is 17.5. The number of hydrogen-bond donors (Lipinski definition) is 1. The first-order valence-electron chi connectivity index (χ1n) is 6.46. The molecule has 0 aliphatic rings. The number of rotatable bonds is 5. The zero-order chi connectivity index (χ0) is 16.7. The topological polar surface area (TPSA) is 85.3 Å². The highest BCUT2D eigenvalue weighted by molar-refractivity contribution is 5.86. The molecule has 0 spiro atoms. The van der Waals surface area contributed by atoms with Gasteiger partial charge in [-0.2, -0.15) is 0 Å². The lowest BCUT2D eigenvalue weighted by Gasteiger charge is -2.14. The van der Waals surface area contributed by atoms with E-state index in [1.807, 2.05) is 0 Å². The minimum atomic E-state index is -0.718. The van der Waals surface area contributed by atoms with Gasteiger partial charge in [0.05, 0.1) is 13.7 Å². The van der Waals surface area contributed by atoms with Gasteiger partial charge in [0.1, 0.15) is 11.5 Å². The van der Waals surface area contributed by atoms with Crippen LogP contribution in [0.15, 0.2) is 30.0 Å². The maximum Gasteiger partial charge on any atom is 0.414 e. The van der Waals surface area contributed by atoms with Crippen LogP contribution >= 0.6 is 0 Å². The highest BCUT2D eigenvalue weighted by Crippen LogP contribution is 2.26. The number of ether oxygens (including phenoxy) is 3. The van der Waals surface area contributed by atoms with Crippen molar-refractivity contribution in [2.24, 2.45) is 0 Å². The van der Waals surface area contributed by atoms with E-state index in [9.17, 15) is 9.59 Å². The first-order valence-corrected chi connectivity index (χ1v) is 6.46. The fourth-order valence-electron chi connectivity index (χ4n) is 1.41. The molecule has 120 valence electrons. The summed E-state index contributed by atoms with van der Waals surface area (Å²) in [6.07, 6.45) is 0.651. The zero-order valence-corrected chi connectivity index (χ0v) is 13.0. The zero-order valence-electron chi connectivity index (χ0n) is 13.0. The van der Waals surface area contributed by atoms with Crippen LogP contribution in [-0.4, -0.2) is 49.9 Å². The Morgan fingerprint density at radius 1 is 1.27 bits per heavy atom. The number of nitrogens with zero attached hydrogens (tertiary/aromatic N) is 1. The molecule has 1 N–H and O–H groups in total. The van der Waals surface area contributed by atoms with Gasteiger partial charge in [-0.3, -0.25) is 0 Å². The van der Waals surface area contributed by atoms with Crippen LogP contribution in [0.25, 0.3) is 0 Å². The van der Waals surface area contributed by atoms with Gasteiger partial charge in [-0.05, 0) is 24.6 Å². The second-order valence-corrected chi connectivity index (χ2v) is 4.53. The second kappa shape index (κ2) is 8.04. The van der Waals surface area contributed by atoms with Crippen LogP contribution in [0.1, 0.15) is 5.56 Å². The number of carbonyl (C=O) groups is 2. The van der Waals surface area contributed by atoms with Crippen molar-refractivity contribution in [2.75, 3.05) is 27.8 Å². The Bertz CT molecular complexity index is 579. The summed E-state index contributed by atoms with van der Waals surface area (Å²) in [5.41, 5.74) is 0.720. The third-order valence-corrected chi connectivity index (χ3v) is 2.61. The molecule has 1 rings (SSSR count). The smallest absolute Gasteiger partial charge is 0.414 e. The van der Waals surface area contributed by atoms with E-state index in [-0.39, 0.29) is 18.1 Å². The van der Waals surface area contributed by atoms with Gasteiger partial charge in [-0.25, -0.2) is 9.59 Å². The van der Waals surface area contributed by atoms with E-state index in [1.54, 1.807) is 33.2 Å². The molecule has 1 aromatic rings. The number of carbonyl (C=O) groups excluding carboxylic acids is 2. The van der Waals surface area contributed by atoms with Gasteiger partial charge in [0.25, 0.3) is 0 Å². The second-order valence-electron chi connectivity index (χ2n) is 4.53. The summed E-state index contributed by atoms with van der Waals surface area (Å²) in [5, 5.41) is 8.92. The Morgan fingerprint density at radius 2 is 1.95 bits per heavy atom. The molecule has 1 aromatic carbocycles. The summed E-state index contributed by atoms with van der Waals surface area (Å²) in [6, 6.07) is 4.77. The van der Waals surface area contributed by atoms with Gasteiger partial charge in [0, 0.05) is 20.2 Å². The Balaban J connectivity index is 3.01. The first-order chi connectivity index (χ1) is 10.4. The van der Waals surface area contributed by atoms with E-state index < -0.39 is 12.1 Å². The van der Waals surface area contributed by atoms with Crippen molar-refractivity contribution < 1.29 is 28.9 Å². The number of hydrogen-bond acceptors (Lipinski definition) is 6. The van der Waals surface area contributed by atoms with Crippen molar-refractivity contribution >= 4 is 12.1 Å². The van der Waals surface area contributed by atoms with Crippen LogP contribution < -0.4 is 9.47 Å². The van der Waals surface area contributed by atoms with Crippen molar-refractivity contribution in [3.05, 3.63) is 35.6 Å². The van der Waals surface area contributed by atoms with Crippen molar-refractivity contribution in [3.8, 4) is 11.5 Å². The van der Waals surface area contributed by atoms with Gasteiger partial charge in [0.15, 0.2) is 0 Å². The number of amides is 1. The van der Waals surface area contributed by atoms with Crippen LogP contribution in [0, 0.1) is 6.92 Å². The van der Waals surface area contributed by atoms with E-state index in [0.717, 1.165) is 5.56 Å². The molecule has 0 aromatic heterocycles. The molecule has 7 nitrogen and oxygen atoms in total. The molecular weight excluding hydrogens is 290 g/mol. The monoisotopic (exact) mass is 309 g/mol. The van der Waals surface area contributed by atoms with Crippen LogP contribution in [0.2, 0.25) is 0 Å². The van der Waals surface area contributed by atoms with Gasteiger partial charge in [0.2, 0.25) is 5.76 Å². The predicted molar refractivity (Wildman–Crippen MR) is 78.7 cm³/mol. The fourth-order valence-corrected chi connectivity index (χ4v) is 1.41. The summed E-state index contributed by atoms with van der Waals surface area (Å²) < 4.78 is 15.1. The molecule has 0 bridgehead atoms. The van der Waals surface area contributed by atoms with Crippen LogP contribution in [0.5, 0.6) is 11.5 Å². The van der Waals surface area contributed by atoms with Crippen molar-refractivity contribution in [1.29, 1.82) is 0 Å². The molecule has 0 atom stereocenters. The standard InChI is InChI=1S/C15H19NO6/c1-10-5-6-11(21-15(19)16(2)3)9-13(10)22-12(7-8-17)14(18)20-4/h5-7,9,17H,8H2,1-4H3/b12-7-. The normalized spacial score (nSPS) is 10.9.